The number of hydrogen-bond acceptors (Lipinski definition) is 7. The summed E-state index contributed by atoms with van der Waals surface area (Å²) in [7, 11) is -3.71. The van der Waals surface area contributed by atoms with E-state index in [0.29, 0.717) is 11.8 Å². The molecule has 2 atom stereocenters. The molecular weight excluding hydrogens is 336 g/mol. The SMILES string of the molecule is CC1(C)C(c2nc(C3CCC3)no2)C1c1ncc(S(N)(=O)=O)s1. The maximum absolute atomic E-state index is 11.4. The Balaban J connectivity index is 1.60. The lowest BCUT2D eigenvalue weighted by Crippen LogP contribution is -2.10. The first kappa shape index (κ1) is 15.2. The van der Waals surface area contributed by atoms with Crippen LogP contribution in [0.1, 0.15) is 67.6 Å². The number of aromatic nitrogens is 3. The maximum Gasteiger partial charge on any atom is 0.249 e. The third kappa shape index (κ3) is 2.41. The van der Waals surface area contributed by atoms with Gasteiger partial charge < -0.3 is 4.52 Å². The number of nitrogens with zero attached hydrogens (tertiary/aromatic N) is 3. The van der Waals surface area contributed by atoms with E-state index < -0.39 is 10.0 Å². The fraction of sp³-hybridized carbons (Fsp3) is 0.643. The van der Waals surface area contributed by atoms with E-state index in [1.54, 1.807) is 0 Å². The van der Waals surface area contributed by atoms with Gasteiger partial charge >= 0.3 is 0 Å². The van der Waals surface area contributed by atoms with Crippen LogP contribution >= 0.6 is 11.3 Å². The van der Waals surface area contributed by atoms with Gasteiger partial charge in [-0.25, -0.2) is 18.5 Å². The second-order valence-corrected chi connectivity index (χ2v) is 9.81. The van der Waals surface area contributed by atoms with Gasteiger partial charge in [0.1, 0.15) is 0 Å². The molecule has 2 heterocycles. The summed E-state index contributed by atoms with van der Waals surface area (Å²) >= 11 is 1.13. The summed E-state index contributed by atoms with van der Waals surface area (Å²) in [4.78, 5) is 8.83. The largest absolute Gasteiger partial charge is 0.339 e. The number of rotatable bonds is 4. The molecule has 7 nitrogen and oxygen atoms in total. The summed E-state index contributed by atoms with van der Waals surface area (Å²) in [6, 6.07) is 0. The fourth-order valence-electron chi connectivity index (χ4n) is 3.31. The first-order valence-electron chi connectivity index (χ1n) is 7.60. The molecule has 0 aliphatic heterocycles. The molecule has 0 radical (unpaired) electrons. The van der Waals surface area contributed by atoms with Crippen molar-refractivity contribution in [1.82, 2.24) is 15.1 Å². The molecule has 2 N–H and O–H groups in total. The van der Waals surface area contributed by atoms with E-state index in [1.807, 2.05) is 0 Å². The number of nitrogens with two attached hydrogens (primary N) is 1. The van der Waals surface area contributed by atoms with E-state index in [4.69, 9.17) is 9.66 Å². The Labute approximate surface area is 138 Å². The molecule has 2 aromatic heterocycles. The predicted octanol–water partition coefficient (Wildman–Crippen LogP) is 2.35. The highest BCUT2D eigenvalue weighted by molar-refractivity contribution is 7.91. The molecule has 0 aromatic carbocycles. The van der Waals surface area contributed by atoms with Crippen molar-refractivity contribution in [1.29, 1.82) is 0 Å². The standard InChI is InChI=1S/C14H18N4O3S2/c1-14(2)9(12-17-11(18-21-12)7-4-3-5-7)10(14)13-16-6-8(22-13)23(15,19)20/h6-7,9-10H,3-5H2,1-2H3,(H2,15,19,20). The van der Waals surface area contributed by atoms with Crippen molar-refractivity contribution in [2.75, 3.05) is 0 Å². The Morgan fingerprint density at radius 1 is 1.35 bits per heavy atom. The quantitative estimate of drug-likeness (QED) is 0.902. The lowest BCUT2D eigenvalue weighted by Gasteiger charge is -2.20. The molecule has 9 heteroatoms. The van der Waals surface area contributed by atoms with E-state index in [9.17, 15) is 8.42 Å². The van der Waals surface area contributed by atoms with Crippen molar-refractivity contribution in [3.8, 4) is 0 Å². The number of hydrogen-bond donors (Lipinski definition) is 1. The molecule has 2 aromatic rings. The molecule has 2 fully saturated rings. The number of sulfonamides is 1. The molecule has 4 rings (SSSR count). The van der Waals surface area contributed by atoms with Crippen LogP contribution in [0.25, 0.3) is 0 Å². The fourth-order valence-corrected chi connectivity index (χ4v) is 5.22. The Hall–Kier alpha value is -1.32. The molecular formula is C14H18N4O3S2. The third-order valence-electron chi connectivity index (χ3n) is 5.07. The first-order chi connectivity index (χ1) is 10.8. The zero-order valence-electron chi connectivity index (χ0n) is 12.9. The van der Waals surface area contributed by atoms with E-state index in [-0.39, 0.29) is 21.5 Å². The minimum Gasteiger partial charge on any atom is -0.339 e. The highest BCUT2D eigenvalue weighted by Gasteiger charge is 2.63. The smallest absolute Gasteiger partial charge is 0.249 e. The lowest BCUT2D eigenvalue weighted by molar-refractivity contribution is 0.342. The summed E-state index contributed by atoms with van der Waals surface area (Å²) in [6.07, 6.45) is 4.80. The van der Waals surface area contributed by atoms with Gasteiger partial charge in [0.25, 0.3) is 0 Å². The molecule has 2 aliphatic carbocycles. The Morgan fingerprint density at radius 2 is 2.09 bits per heavy atom. The minimum atomic E-state index is -3.71. The topological polar surface area (TPSA) is 112 Å². The zero-order valence-corrected chi connectivity index (χ0v) is 14.5. The van der Waals surface area contributed by atoms with E-state index in [0.717, 1.165) is 35.0 Å². The predicted molar refractivity (Wildman–Crippen MR) is 83.6 cm³/mol. The summed E-state index contributed by atoms with van der Waals surface area (Å²) in [5.74, 6) is 2.02. The lowest BCUT2D eigenvalue weighted by atomic mass is 9.85. The molecule has 124 valence electrons. The summed E-state index contributed by atoms with van der Waals surface area (Å²) in [5, 5.41) is 10.0. The molecule has 2 unspecified atom stereocenters. The molecule has 0 spiro atoms. The van der Waals surface area contributed by atoms with Crippen LogP contribution in [0.5, 0.6) is 0 Å². The number of primary sulfonamides is 1. The van der Waals surface area contributed by atoms with Gasteiger partial charge in [-0.05, 0) is 18.3 Å². The second-order valence-electron chi connectivity index (χ2n) is 6.96. The Bertz CT molecular complexity index is 851. The summed E-state index contributed by atoms with van der Waals surface area (Å²) in [5.41, 5.74) is -0.0864. The second kappa shape index (κ2) is 4.84. The van der Waals surface area contributed by atoms with Crippen molar-refractivity contribution in [2.45, 2.75) is 55.1 Å². The van der Waals surface area contributed by atoms with Gasteiger partial charge in [0.15, 0.2) is 10.0 Å². The molecule has 0 amide bonds. The molecule has 2 aliphatic rings. The third-order valence-corrected chi connectivity index (χ3v) is 7.56. The average molecular weight is 354 g/mol. The van der Waals surface area contributed by atoms with Crippen LogP contribution in [-0.2, 0) is 10.0 Å². The molecule has 23 heavy (non-hydrogen) atoms. The van der Waals surface area contributed by atoms with Crippen LogP contribution in [0.2, 0.25) is 0 Å². The van der Waals surface area contributed by atoms with Crippen LogP contribution in [-0.4, -0.2) is 23.5 Å². The van der Waals surface area contributed by atoms with Gasteiger partial charge in [-0.15, -0.1) is 11.3 Å². The first-order valence-corrected chi connectivity index (χ1v) is 9.97. The van der Waals surface area contributed by atoms with Gasteiger partial charge in [0.05, 0.1) is 17.1 Å². The summed E-state index contributed by atoms with van der Waals surface area (Å²) < 4.78 is 28.4. The monoisotopic (exact) mass is 354 g/mol. The van der Waals surface area contributed by atoms with E-state index in [2.05, 4.69) is 29.0 Å². The minimum absolute atomic E-state index is 0.0725. The number of thiazole rings is 1. The zero-order chi connectivity index (χ0) is 16.4. The molecule has 0 saturated heterocycles. The average Bonchev–Trinajstić information content (AvgIpc) is 2.83. The van der Waals surface area contributed by atoms with Crippen molar-refractivity contribution >= 4 is 21.4 Å². The van der Waals surface area contributed by atoms with Crippen molar-refractivity contribution in [2.24, 2.45) is 10.6 Å². The Kier molecular flexibility index (Phi) is 3.20. The van der Waals surface area contributed by atoms with Gasteiger partial charge in [-0.3, -0.25) is 0 Å². The van der Waals surface area contributed by atoms with Crippen LogP contribution in [0, 0.1) is 5.41 Å². The molecule has 0 bridgehead atoms. The van der Waals surface area contributed by atoms with Gasteiger partial charge in [-0.2, -0.15) is 4.98 Å². The normalized spacial score (nSPS) is 26.9. The van der Waals surface area contributed by atoms with Crippen LogP contribution in [0.3, 0.4) is 0 Å². The molecule has 2 saturated carbocycles. The van der Waals surface area contributed by atoms with E-state index >= 15 is 0 Å². The van der Waals surface area contributed by atoms with Crippen molar-refractivity contribution in [3.05, 3.63) is 22.9 Å². The van der Waals surface area contributed by atoms with Crippen LogP contribution in [0.4, 0.5) is 0 Å². The van der Waals surface area contributed by atoms with Gasteiger partial charge in [-0.1, -0.05) is 25.4 Å². The van der Waals surface area contributed by atoms with Crippen LogP contribution < -0.4 is 5.14 Å². The van der Waals surface area contributed by atoms with Crippen molar-refractivity contribution < 1.29 is 12.9 Å². The Morgan fingerprint density at radius 3 is 2.65 bits per heavy atom. The van der Waals surface area contributed by atoms with Gasteiger partial charge in [0.2, 0.25) is 15.9 Å². The summed E-state index contributed by atoms with van der Waals surface area (Å²) in [6.45, 7) is 4.21. The van der Waals surface area contributed by atoms with Gasteiger partial charge in [0, 0.05) is 11.8 Å². The van der Waals surface area contributed by atoms with E-state index in [1.165, 1.54) is 12.6 Å². The highest BCUT2D eigenvalue weighted by atomic mass is 32.2. The van der Waals surface area contributed by atoms with Crippen LogP contribution in [0.15, 0.2) is 14.9 Å². The maximum atomic E-state index is 11.4. The highest BCUT2D eigenvalue weighted by Crippen LogP contribution is 2.70. The van der Waals surface area contributed by atoms with Crippen molar-refractivity contribution in [3.63, 3.8) is 0 Å².